The highest BCUT2D eigenvalue weighted by molar-refractivity contribution is 5.78. The number of amides is 2. The second-order valence-corrected chi connectivity index (χ2v) is 15.1. The molecule has 4 rings (SSSR count). The molecule has 0 aliphatic rings. The lowest BCUT2D eigenvalue weighted by Crippen LogP contribution is -2.42. The number of ether oxygens (including phenoxy) is 2. The van der Waals surface area contributed by atoms with Crippen molar-refractivity contribution in [2.75, 3.05) is 33.0 Å². The molecule has 0 radical (unpaired) electrons. The van der Waals surface area contributed by atoms with Crippen LogP contribution >= 0.6 is 0 Å². The van der Waals surface area contributed by atoms with Crippen molar-refractivity contribution in [2.24, 2.45) is 0 Å². The van der Waals surface area contributed by atoms with Crippen molar-refractivity contribution < 1.29 is 39.5 Å². The minimum absolute atomic E-state index is 0.0357. The van der Waals surface area contributed by atoms with Crippen LogP contribution < -0.4 is 20.1 Å². The van der Waals surface area contributed by atoms with Crippen LogP contribution in [-0.2, 0) is 22.4 Å². The number of phenolic OH excluding ortho intramolecular Hbond substituents is 2. The molecule has 0 unspecified atom stereocenters. The van der Waals surface area contributed by atoms with Gasteiger partial charge in [0.2, 0.25) is 0 Å². The topological polar surface area (TPSA) is 158 Å². The minimum atomic E-state index is -0.682. The van der Waals surface area contributed by atoms with Crippen LogP contribution in [-0.4, -0.2) is 71.3 Å². The summed E-state index contributed by atoms with van der Waals surface area (Å²) in [5, 5.41) is 43.4. The van der Waals surface area contributed by atoms with Crippen LogP contribution in [0.5, 0.6) is 23.0 Å². The van der Waals surface area contributed by atoms with Crippen LogP contribution in [0.2, 0.25) is 0 Å². The number of hydrogen-bond donors (Lipinski definition) is 6. The lowest BCUT2D eigenvalue weighted by molar-refractivity contribution is -0.124. The van der Waals surface area contributed by atoms with Crippen molar-refractivity contribution in [1.29, 1.82) is 0 Å². The largest absolute Gasteiger partial charge is 0.508 e. The zero-order valence-electron chi connectivity index (χ0n) is 34.6. The highest BCUT2D eigenvalue weighted by Crippen LogP contribution is 2.31. The van der Waals surface area contributed by atoms with E-state index in [0.717, 1.165) is 58.2 Å². The number of nitrogens with one attached hydrogen (secondary N) is 2. The van der Waals surface area contributed by atoms with E-state index < -0.39 is 11.9 Å². The van der Waals surface area contributed by atoms with E-state index in [0.29, 0.717) is 29.5 Å². The lowest BCUT2D eigenvalue weighted by Gasteiger charge is -2.16. The molecule has 0 aromatic heterocycles. The molecule has 6 N–H and O–H groups in total. The van der Waals surface area contributed by atoms with Crippen LogP contribution in [0.4, 0.5) is 0 Å². The SMILES string of the molecule is CCCNC(=O)COc1cc(C)c(Cc2ccc(O)c(C(C)C)c2)c(C)c1.Cc1cc(OCC(=O)NC(CO)CO)cc(C)c1Cc1ccc(O)c(C(C)C)c1. The van der Waals surface area contributed by atoms with Gasteiger partial charge in [0, 0.05) is 6.54 Å². The summed E-state index contributed by atoms with van der Waals surface area (Å²) in [6, 6.07) is 18.7. The van der Waals surface area contributed by atoms with Gasteiger partial charge < -0.3 is 40.5 Å². The first-order valence-electron chi connectivity index (χ1n) is 19.4. The Kier molecular flexibility index (Phi) is 17.7. The maximum Gasteiger partial charge on any atom is 0.258 e. The van der Waals surface area contributed by atoms with Crippen molar-refractivity contribution in [3.05, 3.63) is 116 Å². The molecule has 0 saturated carbocycles. The summed E-state index contributed by atoms with van der Waals surface area (Å²) in [4.78, 5) is 23.6. The summed E-state index contributed by atoms with van der Waals surface area (Å²) in [6.45, 7) is 18.3. The molecule has 0 aliphatic heterocycles. The normalized spacial score (nSPS) is 11.0. The molecular weight excluding hydrogens is 709 g/mol. The summed E-state index contributed by atoms with van der Waals surface area (Å²) in [5.74, 6) is 2.02. The zero-order chi connectivity index (χ0) is 41.5. The molecule has 10 heteroatoms. The predicted molar refractivity (Wildman–Crippen MR) is 222 cm³/mol. The van der Waals surface area contributed by atoms with E-state index in [9.17, 15) is 19.8 Å². The molecule has 4 aromatic rings. The van der Waals surface area contributed by atoms with Gasteiger partial charge in [-0.15, -0.1) is 0 Å². The number of benzene rings is 4. The Balaban J connectivity index is 0.000000301. The highest BCUT2D eigenvalue weighted by atomic mass is 16.5. The number of carbonyl (C=O) groups excluding carboxylic acids is 2. The van der Waals surface area contributed by atoms with E-state index in [4.69, 9.17) is 19.7 Å². The monoisotopic (exact) mass is 770 g/mol. The van der Waals surface area contributed by atoms with Crippen LogP contribution in [0.25, 0.3) is 0 Å². The molecule has 0 spiro atoms. The first-order valence-corrected chi connectivity index (χ1v) is 19.4. The molecule has 0 heterocycles. The summed E-state index contributed by atoms with van der Waals surface area (Å²) in [6.07, 6.45) is 2.45. The Morgan fingerprint density at radius 3 is 1.38 bits per heavy atom. The summed E-state index contributed by atoms with van der Waals surface area (Å²) < 4.78 is 11.2. The molecule has 2 amide bonds. The first kappa shape index (κ1) is 45.3. The second kappa shape index (κ2) is 21.9. The van der Waals surface area contributed by atoms with E-state index >= 15 is 0 Å². The van der Waals surface area contributed by atoms with Crippen molar-refractivity contribution in [3.8, 4) is 23.0 Å². The molecule has 0 aliphatic carbocycles. The number of aryl methyl sites for hydroxylation is 4. The molecule has 56 heavy (non-hydrogen) atoms. The molecule has 0 saturated heterocycles. The number of rotatable bonds is 17. The summed E-state index contributed by atoms with van der Waals surface area (Å²) in [7, 11) is 0. The average Bonchev–Trinajstić information content (AvgIpc) is 3.15. The quantitative estimate of drug-likeness (QED) is 0.0659. The van der Waals surface area contributed by atoms with Gasteiger partial charge in [0.25, 0.3) is 11.8 Å². The number of aliphatic hydroxyl groups is 2. The maximum absolute atomic E-state index is 11.9. The van der Waals surface area contributed by atoms with Crippen molar-refractivity contribution in [3.63, 3.8) is 0 Å². The molecule has 0 bridgehead atoms. The van der Waals surface area contributed by atoms with E-state index in [1.54, 1.807) is 12.1 Å². The Labute approximate surface area is 332 Å². The van der Waals surface area contributed by atoms with Gasteiger partial charge in [-0.2, -0.15) is 0 Å². The average molecular weight is 771 g/mol. The van der Waals surface area contributed by atoms with Gasteiger partial charge in [-0.3, -0.25) is 9.59 Å². The van der Waals surface area contributed by atoms with E-state index in [1.807, 2.05) is 63.2 Å². The van der Waals surface area contributed by atoms with Gasteiger partial charge in [0.1, 0.15) is 23.0 Å². The Morgan fingerprint density at radius 1 is 0.625 bits per heavy atom. The fourth-order valence-electron chi connectivity index (χ4n) is 6.42. The molecule has 10 nitrogen and oxygen atoms in total. The molecule has 4 aromatic carbocycles. The lowest BCUT2D eigenvalue weighted by atomic mass is 9.93. The number of aromatic hydroxyl groups is 2. The van der Waals surface area contributed by atoms with Crippen molar-refractivity contribution in [2.45, 2.75) is 99.5 Å². The zero-order valence-corrected chi connectivity index (χ0v) is 34.6. The molecule has 0 atom stereocenters. The van der Waals surface area contributed by atoms with Gasteiger partial charge in [-0.05, 0) is 151 Å². The number of aliphatic hydroxyl groups excluding tert-OH is 2. The van der Waals surface area contributed by atoms with Crippen molar-refractivity contribution >= 4 is 11.8 Å². The summed E-state index contributed by atoms with van der Waals surface area (Å²) >= 11 is 0. The number of hydrogen-bond acceptors (Lipinski definition) is 8. The molecule has 0 fully saturated rings. The smallest absolute Gasteiger partial charge is 0.258 e. The van der Waals surface area contributed by atoms with E-state index in [1.165, 1.54) is 16.7 Å². The van der Waals surface area contributed by atoms with E-state index in [2.05, 4.69) is 58.2 Å². The third-order valence-corrected chi connectivity index (χ3v) is 9.65. The summed E-state index contributed by atoms with van der Waals surface area (Å²) in [5.41, 5.74) is 11.0. The predicted octanol–water partition coefficient (Wildman–Crippen LogP) is 7.20. The third kappa shape index (κ3) is 13.6. The highest BCUT2D eigenvalue weighted by Gasteiger charge is 2.15. The second-order valence-electron chi connectivity index (χ2n) is 15.1. The number of phenols is 2. The number of carbonyl (C=O) groups is 2. The fraction of sp³-hybridized carbons (Fsp3) is 0.435. The van der Waals surface area contributed by atoms with Gasteiger partial charge in [-0.25, -0.2) is 0 Å². The van der Waals surface area contributed by atoms with Gasteiger partial charge in [-0.1, -0.05) is 58.9 Å². The minimum Gasteiger partial charge on any atom is -0.508 e. The Morgan fingerprint density at radius 2 is 1.02 bits per heavy atom. The van der Waals surface area contributed by atoms with Gasteiger partial charge in [0.05, 0.1) is 19.3 Å². The van der Waals surface area contributed by atoms with Crippen LogP contribution in [0.1, 0.15) is 109 Å². The molecule has 304 valence electrons. The van der Waals surface area contributed by atoms with Gasteiger partial charge in [0.15, 0.2) is 13.2 Å². The van der Waals surface area contributed by atoms with Crippen LogP contribution in [0.15, 0.2) is 60.7 Å². The fourth-order valence-corrected chi connectivity index (χ4v) is 6.42. The molecular formula is C46H62N2O8. The van der Waals surface area contributed by atoms with Crippen LogP contribution in [0.3, 0.4) is 0 Å². The third-order valence-electron chi connectivity index (χ3n) is 9.65. The standard InChI is InChI=1S/C23H31NO5.C23H31NO3/c1-14(2)20-9-17(5-6-22(20)27)10-21-15(3)7-19(8-16(21)4)29-13-23(28)24-18(11-25)12-26;1-6-9-24-23(26)14-27-19-10-16(4)21(17(5)11-19)13-18-7-8-22(25)20(12-18)15(2)3/h5-9,14,18,25-27H,10-13H2,1-4H3,(H,24,28);7-8,10-12,15,25H,6,9,13-14H2,1-5H3,(H,24,26). The first-order chi connectivity index (χ1) is 26.6. The Hall–Kier alpha value is -5.06. The van der Waals surface area contributed by atoms with E-state index in [-0.39, 0.29) is 44.2 Å². The maximum atomic E-state index is 11.9. The van der Waals surface area contributed by atoms with Gasteiger partial charge >= 0.3 is 0 Å². The Bertz CT molecular complexity index is 1870. The van der Waals surface area contributed by atoms with Crippen LogP contribution in [0, 0.1) is 27.7 Å². The van der Waals surface area contributed by atoms with Crippen molar-refractivity contribution in [1.82, 2.24) is 10.6 Å².